The highest BCUT2D eigenvalue weighted by Gasteiger charge is 2.33. The van der Waals surface area contributed by atoms with Crippen LogP contribution < -0.4 is 0 Å². The van der Waals surface area contributed by atoms with Gasteiger partial charge in [0.15, 0.2) is 5.78 Å². The van der Waals surface area contributed by atoms with Gasteiger partial charge < -0.3 is 4.74 Å². The SMILES string of the molecule is Cc1ccccc1C(=O)[C@H]1CCOC(C)(C)C1. The molecular formula is C15H20O2. The van der Waals surface area contributed by atoms with Crippen molar-refractivity contribution in [3.63, 3.8) is 0 Å². The zero-order valence-electron chi connectivity index (χ0n) is 10.8. The van der Waals surface area contributed by atoms with E-state index in [0.29, 0.717) is 6.61 Å². The largest absolute Gasteiger partial charge is 0.376 e. The molecular weight excluding hydrogens is 212 g/mol. The minimum absolute atomic E-state index is 0.111. The summed E-state index contributed by atoms with van der Waals surface area (Å²) in [5.74, 6) is 0.388. The van der Waals surface area contributed by atoms with Crippen molar-refractivity contribution in [2.45, 2.75) is 39.2 Å². The van der Waals surface area contributed by atoms with Crippen molar-refractivity contribution in [3.8, 4) is 0 Å². The average molecular weight is 232 g/mol. The first kappa shape index (κ1) is 12.3. The standard InChI is InChI=1S/C15H20O2/c1-11-6-4-5-7-13(11)14(16)12-8-9-17-15(2,3)10-12/h4-7,12H,8-10H2,1-3H3/t12-/m0/s1. The Morgan fingerprint density at radius 1 is 1.35 bits per heavy atom. The fourth-order valence-corrected chi connectivity index (χ4v) is 2.52. The lowest BCUT2D eigenvalue weighted by molar-refractivity contribution is -0.0664. The molecule has 1 aliphatic rings. The van der Waals surface area contributed by atoms with E-state index in [4.69, 9.17) is 4.74 Å². The van der Waals surface area contributed by atoms with Crippen molar-refractivity contribution in [3.05, 3.63) is 35.4 Å². The Hall–Kier alpha value is -1.15. The molecule has 0 N–H and O–H groups in total. The van der Waals surface area contributed by atoms with Crippen LogP contribution in [-0.2, 0) is 4.74 Å². The summed E-state index contributed by atoms with van der Waals surface area (Å²) in [6.07, 6.45) is 1.66. The molecule has 1 aromatic rings. The number of Topliss-reactive ketones (excluding diaryl/α,β-unsaturated/α-hetero) is 1. The highest BCUT2D eigenvalue weighted by Crippen LogP contribution is 2.31. The molecule has 0 aliphatic carbocycles. The molecule has 1 fully saturated rings. The number of ether oxygens (including phenoxy) is 1. The second-order valence-corrected chi connectivity index (χ2v) is 5.48. The third-order valence-corrected chi connectivity index (χ3v) is 3.48. The number of carbonyl (C=O) groups is 1. The molecule has 17 heavy (non-hydrogen) atoms. The van der Waals surface area contributed by atoms with Crippen molar-refractivity contribution >= 4 is 5.78 Å². The van der Waals surface area contributed by atoms with E-state index in [1.54, 1.807) is 0 Å². The molecule has 1 aromatic carbocycles. The highest BCUT2D eigenvalue weighted by molar-refractivity contribution is 5.99. The normalized spacial score (nSPS) is 23.4. The van der Waals surface area contributed by atoms with Gasteiger partial charge in [0.05, 0.1) is 5.60 Å². The van der Waals surface area contributed by atoms with Gasteiger partial charge in [-0.05, 0) is 39.2 Å². The van der Waals surface area contributed by atoms with Crippen molar-refractivity contribution < 1.29 is 9.53 Å². The van der Waals surface area contributed by atoms with E-state index in [1.165, 1.54) is 0 Å². The zero-order chi connectivity index (χ0) is 12.5. The van der Waals surface area contributed by atoms with Crippen molar-refractivity contribution in [1.82, 2.24) is 0 Å². The molecule has 0 unspecified atom stereocenters. The van der Waals surface area contributed by atoms with Crippen molar-refractivity contribution in [2.75, 3.05) is 6.61 Å². The Balaban J connectivity index is 2.18. The maximum Gasteiger partial charge on any atom is 0.166 e. The van der Waals surface area contributed by atoms with Gasteiger partial charge in [0.25, 0.3) is 0 Å². The van der Waals surface area contributed by atoms with Gasteiger partial charge in [0.2, 0.25) is 0 Å². The average Bonchev–Trinajstić information content (AvgIpc) is 2.27. The van der Waals surface area contributed by atoms with E-state index in [9.17, 15) is 4.79 Å². The van der Waals surface area contributed by atoms with E-state index >= 15 is 0 Å². The van der Waals surface area contributed by atoms with E-state index in [1.807, 2.05) is 31.2 Å². The van der Waals surface area contributed by atoms with E-state index < -0.39 is 0 Å². The summed E-state index contributed by atoms with van der Waals surface area (Å²) in [6.45, 7) is 6.81. The number of benzene rings is 1. The van der Waals surface area contributed by atoms with Gasteiger partial charge in [0.1, 0.15) is 0 Å². The van der Waals surface area contributed by atoms with Crippen molar-refractivity contribution in [2.24, 2.45) is 5.92 Å². The number of rotatable bonds is 2. The third kappa shape index (κ3) is 2.75. The summed E-state index contributed by atoms with van der Waals surface area (Å²) in [7, 11) is 0. The minimum atomic E-state index is -0.165. The summed E-state index contributed by atoms with van der Waals surface area (Å²) in [5.41, 5.74) is 1.78. The molecule has 2 nitrogen and oxygen atoms in total. The Labute approximate surface area is 103 Å². The first-order valence-electron chi connectivity index (χ1n) is 6.23. The molecule has 0 radical (unpaired) electrons. The molecule has 1 heterocycles. The summed E-state index contributed by atoms with van der Waals surface area (Å²) in [5, 5.41) is 0. The zero-order valence-corrected chi connectivity index (χ0v) is 10.8. The predicted octanol–water partition coefficient (Wildman–Crippen LogP) is 3.38. The van der Waals surface area contributed by atoms with E-state index in [-0.39, 0.29) is 17.3 Å². The minimum Gasteiger partial charge on any atom is -0.376 e. The molecule has 0 aromatic heterocycles. The highest BCUT2D eigenvalue weighted by atomic mass is 16.5. The summed E-state index contributed by atoms with van der Waals surface area (Å²) < 4.78 is 5.66. The second-order valence-electron chi connectivity index (χ2n) is 5.48. The molecule has 0 amide bonds. The van der Waals surface area contributed by atoms with Gasteiger partial charge in [-0.2, -0.15) is 0 Å². The second kappa shape index (κ2) is 4.61. The van der Waals surface area contributed by atoms with Gasteiger partial charge in [-0.25, -0.2) is 0 Å². The van der Waals surface area contributed by atoms with Crippen LogP contribution in [0.1, 0.15) is 42.6 Å². The van der Waals surface area contributed by atoms with Crippen LogP contribution in [0.4, 0.5) is 0 Å². The quantitative estimate of drug-likeness (QED) is 0.731. The third-order valence-electron chi connectivity index (χ3n) is 3.48. The number of carbonyl (C=O) groups excluding carboxylic acids is 1. The molecule has 2 heteroatoms. The smallest absolute Gasteiger partial charge is 0.166 e. The van der Waals surface area contributed by atoms with Crippen LogP contribution in [0.15, 0.2) is 24.3 Å². The summed E-state index contributed by atoms with van der Waals surface area (Å²) in [4.78, 5) is 12.5. The van der Waals surface area contributed by atoms with Crippen LogP contribution in [0.3, 0.4) is 0 Å². The van der Waals surface area contributed by atoms with Crippen molar-refractivity contribution in [1.29, 1.82) is 0 Å². The van der Waals surface area contributed by atoms with Gasteiger partial charge in [-0.15, -0.1) is 0 Å². The number of hydrogen-bond acceptors (Lipinski definition) is 2. The monoisotopic (exact) mass is 232 g/mol. The van der Waals surface area contributed by atoms with Gasteiger partial charge in [-0.3, -0.25) is 4.79 Å². The molecule has 0 bridgehead atoms. The van der Waals surface area contributed by atoms with Gasteiger partial charge >= 0.3 is 0 Å². The molecule has 1 aliphatic heterocycles. The summed E-state index contributed by atoms with van der Waals surface area (Å²) >= 11 is 0. The molecule has 0 saturated carbocycles. The molecule has 0 spiro atoms. The van der Waals surface area contributed by atoms with Gasteiger partial charge in [0, 0.05) is 18.1 Å². The lowest BCUT2D eigenvalue weighted by Crippen LogP contribution is -2.37. The maximum atomic E-state index is 12.5. The van der Waals surface area contributed by atoms with Crippen LogP contribution in [0.5, 0.6) is 0 Å². The Kier molecular flexibility index (Phi) is 3.34. The Morgan fingerprint density at radius 3 is 2.71 bits per heavy atom. The number of aryl methyl sites for hydroxylation is 1. The van der Waals surface area contributed by atoms with Crippen LogP contribution in [-0.4, -0.2) is 18.0 Å². The lowest BCUT2D eigenvalue weighted by Gasteiger charge is -2.34. The topological polar surface area (TPSA) is 26.3 Å². The fourth-order valence-electron chi connectivity index (χ4n) is 2.52. The van der Waals surface area contributed by atoms with Gasteiger partial charge in [-0.1, -0.05) is 24.3 Å². The lowest BCUT2D eigenvalue weighted by atomic mass is 9.82. The first-order chi connectivity index (χ1) is 7.99. The first-order valence-corrected chi connectivity index (χ1v) is 6.23. The maximum absolute atomic E-state index is 12.5. The molecule has 2 rings (SSSR count). The van der Waals surface area contributed by atoms with Crippen LogP contribution in [0, 0.1) is 12.8 Å². The molecule has 1 atom stereocenters. The van der Waals surface area contributed by atoms with E-state index in [0.717, 1.165) is 24.0 Å². The van der Waals surface area contributed by atoms with Crippen LogP contribution in [0.2, 0.25) is 0 Å². The summed E-state index contributed by atoms with van der Waals surface area (Å²) in [6, 6.07) is 7.84. The number of ketones is 1. The van der Waals surface area contributed by atoms with E-state index in [2.05, 4.69) is 13.8 Å². The van der Waals surface area contributed by atoms with Crippen LogP contribution >= 0.6 is 0 Å². The fraction of sp³-hybridized carbons (Fsp3) is 0.533. The predicted molar refractivity (Wildman–Crippen MR) is 68.3 cm³/mol. The molecule has 92 valence electrons. The Bertz CT molecular complexity index is 421. The number of hydrogen-bond donors (Lipinski definition) is 0. The molecule has 1 saturated heterocycles. The van der Waals surface area contributed by atoms with Crippen LogP contribution in [0.25, 0.3) is 0 Å². The Morgan fingerprint density at radius 2 is 2.06 bits per heavy atom.